The highest BCUT2D eigenvalue weighted by molar-refractivity contribution is 5.90. The molecule has 0 aliphatic carbocycles. The van der Waals surface area contributed by atoms with Crippen LogP contribution in [-0.2, 0) is 4.79 Å². The quantitative estimate of drug-likeness (QED) is 0.866. The maximum atomic E-state index is 11.8. The minimum Gasteiger partial charge on any atom is -0.384 e. The van der Waals surface area contributed by atoms with E-state index in [1.54, 1.807) is 18.3 Å². The van der Waals surface area contributed by atoms with Crippen LogP contribution in [0.25, 0.3) is 0 Å². The molecule has 0 saturated carbocycles. The lowest BCUT2D eigenvalue weighted by atomic mass is 9.92. The number of nitrogens with two attached hydrogens (primary N) is 1. The molecule has 0 radical (unpaired) electrons. The SMILES string of the molecule is CN1CCC(CCC(=O)Nc2ccc(N)nc2)CC1. The van der Waals surface area contributed by atoms with Crippen LogP contribution in [0.15, 0.2) is 18.3 Å². The Hall–Kier alpha value is -1.62. The Morgan fingerprint density at radius 2 is 2.21 bits per heavy atom. The molecule has 104 valence electrons. The van der Waals surface area contributed by atoms with Crippen molar-refractivity contribution in [1.82, 2.24) is 9.88 Å². The van der Waals surface area contributed by atoms with Crippen molar-refractivity contribution in [2.45, 2.75) is 25.7 Å². The molecule has 0 spiro atoms. The number of piperidine rings is 1. The van der Waals surface area contributed by atoms with Crippen LogP contribution in [-0.4, -0.2) is 35.9 Å². The number of aromatic nitrogens is 1. The summed E-state index contributed by atoms with van der Waals surface area (Å²) in [7, 11) is 2.15. The first kappa shape index (κ1) is 13.8. The molecular formula is C14H22N4O. The molecule has 0 unspecified atom stereocenters. The van der Waals surface area contributed by atoms with Crippen LogP contribution >= 0.6 is 0 Å². The van der Waals surface area contributed by atoms with Crippen LogP contribution in [0.5, 0.6) is 0 Å². The molecule has 1 amide bonds. The second kappa shape index (κ2) is 6.52. The largest absolute Gasteiger partial charge is 0.384 e. The summed E-state index contributed by atoms with van der Waals surface area (Å²) in [4.78, 5) is 18.1. The van der Waals surface area contributed by atoms with Gasteiger partial charge >= 0.3 is 0 Å². The summed E-state index contributed by atoms with van der Waals surface area (Å²) in [6.45, 7) is 2.29. The van der Waals surface area contributed by atoms with Crippen molar-refractivity contribution >= 4 is 17.4 Å². The molecule has 2 rings (SSSR count). The highest BCUT2D eigenvalue weighted by Crippen LogP contribution is 2.21. The van der Waals surface area contributed by atoms with E-state index in [1.165, 1.54) is 12.8 Å². The predicted molar refractivity (Wildman–Crippen MR) is 76.7 cm³/mol. The number of carbonyl (C=O) groups is 1. The number of rotatable bonds is 4. The number of hydrogen-bond acceptors (Lipinski definition) is 4. The molecule has 1 fully saturated rings. The zero-order valence-electron chi connectivity index (χ0n) is 11.4. The smallest absolute Gasteiger partial charge is 0.224 e. The Labute approximate surface area is 114 Å². The number of nitrogens with zero attached hydrogens (tertiary/aromatic N) is 2. The number of carbonyl (C=O) groups excluding carboxylic acids is 1. The monoisotopic (exact) mass is 262 g/mol. The van der Waals surface area contributed by atoms with E-state index in [9.17, 15) is 4.79 Å². The van der Waals surface area contributed by atoms with Gasteiger partial charge in [-0.15, -0.1) is 0 Å². The minimum atomic E-state index is 0.0606. The summed E-state index contributed by atoms with van der Waals surface area (Å²) in [6.07, 6.45) is 5.55. The molecule has 1 saturated heterocycles. The van der Waals surface area contributed by atoms with Crippen LogP contribution in [0, 0.1) is 5.92 Å². The van der Waals surface area contributed by atoms with Crippen molar-refractivity contribution < 1.29 is 4.79 Å². The summed E-state index contributed by atoms with van der Waals surface area (Å²) >= 11 is 0. The van der Waals surface area contributed by atoms with Gasteiger partial charge in [0.2, 0.25) is 5.91 Å². The maximum Gasteiger partial charge on any atom is 0.224 e. The highest BCUT2D eigenvalue weighted by Gasteiger charge is 2.17. The lowest BCUT2D eigenvalue weighted by Gasteiger charge is -2.28. The molecular weight excluding hydrogens is 240 g/mol. The Kier molecular flexibility index (Phi) is 4.74. The average Bonchev–Trinajstić information content (AvgIpc) is 2.41. The summed E-state index contributed by atoms with van der Waals surface area (Å²) in [5.74, 6) is 1.21. The lowest BCUT2D eigenvalue weighted by Crippen LogP contribution is -2.30. The van der Waals surface area contributed by atoms with Gasteiger partial charge in [0.05, 0.1) is 11.9 Å². The molecule has 3 N–H and O–H groups in total. The standard InChI is InChI=1S/C14H22N4O/c1-18-8-6-11(7-9-18)2-5-14(19)17-12-3-4-13(15)16-10-12/h3-4,10-11H,2,5-9H2,1H3,(H2,15,16)(H,17,19). The number of amides is 1. The van der Waals surface area contributed by atoms with E-state index >= 15 is 0 Å². The van der Waals surface area contributed by atoms with Gasteiger partial charge in [-0.3, -0.25) is 4.79 Å². The molecule has 1 aromatic rings. The van der Waals surface area contributed by atoms with Gasteiger partial charge in [0.15, 0.2) is 0 Å². The Morgan fingerprint density at radius 3 is 2.84 bits per heavy atom. The van der Waals surface area contributed by atoms with E-state index in [-0.39, 0.29) is 5.91 Å². The van der Waals surface area contributed by atoms with Crippen molar-refractivity contribution in [2.75, 3.05) is 31.2 Å². The molecule has 5 heteroatoms. The van der Waals surface area contributed by atoms with Crippen LogP contribution in [0.3, 0.4) is 0 Å². The van der Waals surface area contributed by atoms with Crippen LogP contribution < -0.4 is 11.1 Å². The van der Waals surface area contributed by atoms with Gasteiger partial charge in [-0.1, -0.05) is 0 Å². The summed E-state index contributed by atoms with van der Waals surface area (Å²) in [6, 6.07) is 3.46. The first-order valence-corrected chi connectivity index (χ1v) is 6.83. The fraction of sp³-hybridized carbons (Fsp3) is 0.571. The van der Waals surface area contributed by atoms with Crippen molar-refractivity contribution in [3.8, 4) is 0 Å². The molecule has 1 aromatic heterocycles. The van der Waals surface area contributed by atoms with E-state index in [1.807, 2.05) is 0 Å². The van der Waals surface area contributed by atoms with Crippen LogP contribution in [0.4, 0.5) is 11.5 Å². The van der Waals surface area contributed by atoms with E-state index in [0.29, 0.717) is 23.8 Å². The summed E-state index contributed by atoms with van der Waals surface area (Å²) in [5, 5.41) is 2.85. The highest BCUT2D eigenvalue weighted by atomic mass is 16.1. The molecule has 2 heterocycles. The minimum absolute atomic E-state index is 0.0606. The molecule has 1 aliphatic rings. The normalized spacial score (nSPS) is 17.3. The first-order chi connectivity index (χ1) is 9.13. The van der Waals surface area contributed by atoms with Crippen molar-refractivity contribution in [3.05, 3.63) is 18.3 Å². The Balaban J connectivity index is 1.71. The van der Waals surface area contributed by atoms with E-state index in [2.05, 4.69) is 22.2 Å². The van der Waals surface area contributed by atoms with E-state index in [4.69, 9.17) is 5.73 Å². The van der Waals surface area contributed by atoms with Gasteiger partial charge < -0.3 is 16.0 Å². The predicted octanol–water partition coefficient (Wildman–Crippen LogP) is 1.72. The maximum absolute atomic E-state index is 11.8. The molecule has 5 nitrogen and oxygen atoms in total. The zero-order valence-corrected chi connectivity index (χ0v) is 11.4. The Bertz CT molecular complexity index is 410. The summed E-state index contributed by atoms with van der Waals surface area (Å²) < 4.78 is 0. The average molecular weight is 262 g/mol. The van der Waals surface area contributed by atoms with Gasteiger partial charge in [-0.2, -0.15) is 0 Å². The molecule has 0 atom stereocenters. The number of pyridine rings is 1. The second-order valence-electron chi connectivity index (χ2n) is 5.31. The van der Waals surface area contributed by atoms with Gasteiger partial charge in [0, 0.05) is 6.42 Å². The Morgan fingerprint density at radius 1 is 1.47 bits per heavy atom. The van der Waals surface area contributed by atoms with Crippen LogP contribution in [0.2, 0.25) is 0 Å². The number of nitrogen functional groups attached to an aromatic ring is 1. The van der Waals surface area contributed by atoms with Crippen LogP contribution in [0.1, 0.15) is 25.7 Å². The fourth-order valence-electron chi connectivity index (χ4n) is 2.39. The molecule has 0 aromatic carbocycles. The van der Waals surface area contributed by atoms with E-state index in [0.717, 1.165) is 19.5 Å². The second-order valence-corrected chi connectivity index (χ2v) is 5.31. The van der Waals surface area contributed by atoms with Gasteiger partial charge in [-0.05, 0) is 57.5 Å². The topological polar surface area (TPSA) is 71.2 Å². The number of hydrogen-bond donors (Lipinski definition) is 2. The van der Waals surface area contributed by atoms with E-state index < -0.39 is 0 Å². The van der Waals surface area contributed by atoms with Gasteiger partial charge in [0.25, 0.3) is 0 Å². The van der Waals surface area contributed by atoms with Gasteiger partial charge in [0.1, 0.15) is 5.82 Å². The van der Waals surface area contributed by atoms with Gasteiger partial charge in [-0.25, -0.2) is 4.98 Å². The third-order valence-electron chi connectivity index (χ3n) is 3.69. The lowest BCUT2D eigenvalue weighted by molar-refractivity contribution is -0.116. The fourth-order valence-corrected chi connectivity index (χ4v) is 2.39. The zero-order chi connectivity index (χ0) is 13.7. The molecule has 1 aliphatic heterocycles. The first-order valence-electron chi connectivity index (χ1n) is 6.83. The number of nitrogens with one attached hydrogen (secondary N) is 1. The third-order valence-corrected chi connectivity index (χ3v) is 3.69. The third kappa shape index (κ3) is 4.52. The number of anilines is 2. The molecule has 19 heavy (non-hydrogen) atoms. The van der Waals surface area contributed by atoms with Crippen molar-refractivity contribution in [2.24, 2.45) is 5.92 Å². The number of likely N-dealkylation sites (tertiary alicyclic amines) is 1. The molecule has 0 bridgehead atoms. The van der Waals surface area contributed by atoms with Crippen molar-refractivity contribution in [3.63, 3.8) is 0 Å². The van der Waals surface area contributed by atoms with Crippen molar-refractivity contribution in [1.29, 1.82) is 0 Å². The summed E-state index contributed by atoms with van der Waals surface area (Å²) in [5.41, 5.74) is 6.21.